The van der Waals surface area contributed by atoms with Gasteiger partial charge in [0, 0.05) is 10.7 Å². The number of amides is 2. The van der Waals surface area contributed by atoms with E-state index in [4.69, 9.17) is 21.1 Å². The first kappa shape index (κ1) is 17.6. The minimum Gasteiger partial charge on any atom is -0.493 e. The van der Waals surface area contributed by atoms with Gasteiger partial charge in [0.05, 0.1) is 19.9 Å². The van der Waals surface area contributed by atoms with Crippen molar-refractivity contribution < 1.29 is 14.3 Å². The highest BCUT2D eigenvalue weighted by atomic mass is 35.5. The van der Waals surface area contributed by atoms with Crippen molar-refractivity contribution in [3.05, 3.63) is 53.1 Å². The largest absolute Gasteiger partial charge is 0.493 e. The Morgan fingerprint density at radius 1 is 1.25 bits per heavy atom. The molecule has 2 N–H and O–H groups in total. The summed E-state index contributed by atoms with van der Waals surface area (Å²) in [6, 6.07) is 11.7. The number of methoxy groups -OCH3 is 1. The molecule has 0 unspecified atom stereocenters. The van der Waals surface area contributed by atoms with E-state index >= 15 is 0 Å². The lowest BCUT2D eigenvalue weighted by Gasteiger charge is -2.09. The lowest BCUT2D eigenvalue weighted by Crippen LogP contribution is -2.24. The number of carbonyl (C=O) groups excluding carboxylic acids is 1. The molecule has 0 atom stereocenters. The van der Waals surface area contributed by atoms with Gasteiger partial charge in [0.15, 0.2) is 11.5 Å². The van der Waals surface area contributed by atoms with Crippen LogP contribution in [0.1, 0.15) is 12.5 Å². The van der Waals surface area contributed by atoms with E-state index in [1.54, 1.807) is 49.6 Å². The van der Waals surface area contributed by atoms with Crippen molar-refractivity contribution >= 4 is 29.5 Å². The Morgan fingerprint density at radius 2 is 2.08 bits per heavy atom. The van der Waals surface area contributed by atoms with Crippen LogP contribution in [0.25, 0.3) is 0 Å². The van der Waals surface area contributed by atoms with E-state index < -0.39 is 6.03 Å². The number of benzene rings is 2. The Hall–Kier alpha value is -2.73. The van der Waals surface area contributed by atoms with E-state index in [9.17, 15) is 4.79 Å². The summed E-state index contributed by atoms with van der Waals surface area (Å²) in [6.45, 7) is 2.42. The quantitative estimate of drug-likeness (QED) is 0.615. The summed E-state index contributed by atoms with van der Waals surface area (Å²) in [5.74, 6) is 1.26. The number of hydrazone groups is 1. The molecule has 0 radical (unpaired) electrons. The van der Waals surface area contributed by atoms with Gasteiger partial charge in [-0.25, -0.2) is 10.2 Å². The molecule has 0 fully saturated rings. The zero-order valence-corrected chi connectivity index (χ0v) is 14.1. The standard InChI is InChI=1S/C17H18ClN3O3/c1-3-24-16-9-12(7-8-15(16)23-2)11-19-21-17(22)20-14-6-4-5-13(18)10-14/h4-11H,3H2,1-2H3,(H2,20,21,22)/b19-11-. The maximum atomic E-state index is 11.8. The second-order valence-corrected chi connectivity index (χ2v) is 5.11. The number of carbonyl (C=O) groups is 1. The molecule has 0 saturated carbocycles. The van der Waals surface area contributed by atoms with Crippen LogP contribution in [0.3, 0.4) is 0 Å². The van der Waals surface area contributed by atoms with E-state index in [1.165, 1.54) is 6.21 Å². The van der Waals surface area contributed by atoms with E-state index in [0.29, 0.717) is 28.8 Å². The van der Waals surface area contributed by atoms with E-state index in [0.717, 1.165) is 5.56 Å². The maximum absolute atomic E-state index is 11.8. The molecule has 0 spiro atoms. The van der Waals surface area contributed by atoms with Gasteiger partial charge in [0.1, 0.15) is 0 Å². The minimum absolute atomic E-state index is 0.466. The average Bonchev–Trinajstić information content (AvgIpc) is 2.55. The van der Waals surface area contributed by atoms with Crippen molar-refractivity contribution in [1.82, 2.24) is 5.43 Å². The lowest BCUT2D eigenvalue weighted by atomic mass is 10.2. The summed E-state index contributed by atoms with van der Waals surface area (Å²) >= 11 is 5.85. The van der Waals surface area contributed by atoms with Crippen molar-refractivity contribution in [2.24, 2.45) is 5.10 Å². The fraction of sp³-hybridized carbons (Fsp3) is 0.176. The normalized spacial score (nSPS) is 10.5. The van der Waals surface area contributed by atoms with Gasteiger partial charge in [-0.2, -0.15) is 5.10 Å². The Balaban J connectivity index is 1.95. The maximum Gasteiger partial charge on any atom is 0.339 e. The van der Waals surface area contributed by atoms with Gasteiger partial charge in [0.2, 0.25) is 0 Å². The highest BCUT2D eigenvalue weighted by Gasteiger charge is 2.04. The molecule has 2 aromatic rings. The summed E-state index contributed by atoms with van der Waals surface area (Å²) in [6.07, 6.45) is 1.51. The zero-order chi connectivity index (χ0) is 17.4. The number of nitrogens with zero attached hydrogens (tertiary/aromatic N) is 1. The minimum atomic E-state index is -0.466. The van der Waals surface area contributed by atoms with E-state index in [-0.39, 0.29) is 0 Å². The van der Waals surface area contributed by atoms with Gasteiger partial charge in [-0.05, 0) is 48.9 Å². The van der Waals surface area contributed by atoms with Crippen molar-refractivity contribution in [2.75, 3.05) is 19.0 Å². The number of nitrogens with one attached hydrogen (secondary N) is 2. The number of halogens is 1. The smallest absolute Gasteiger partial charge is 0.339 e. The van der Waals surface area contributed by atoms with Gasteiger partial charge >= 0.3 is 6.03 Å². The van der Waals surface area contributed by atoms with Crippen LogP contribution in [0, 0.1) is 0 Å². The molecule has 126 valence electrons. The Morgan fingerprint density at radius 3 is 2.79 bits per heavy atom. The van der Waals surface area contributed by atoms with E-state index in [1.807, 2.05) is 6.92 Å². The molecule has 2 amide bonds. The molecule has 2 rings (SSSR count). The van der Waals surface area contributed by atoms with Crippen LogP contribution < -0.4 is 20.2 Å². The number of urea groups is 1. The van der Waals surface area contributed by atoms with Crippen LogP contribution in [0.2, 0.25) is 5.02 Å². The number of ether oxygens (including phenoxy) is 2. The summed E-state index contributed by atoms with van der Waals surface area (Å²) in [7, 11) is 1.58. The van der Waals surface area contributed by atoms with Gasteiger partial charge in [-0.1, -0.05) is 17.7 Å². The lowest BCUT2D eigenvalue weighted by molar-refractivity contribution is 0.252. The second-order valence-electron chi connectivity index (χ2n) is 4.68. The topological polar surface area (TPSA) is 72.0 Å². The number of hydrogen-bond acceptors (Lipinski definition) is 4. The third-order valence-corrected chi connectivity index (χ3v) is 3.18. The first-order valence-corrected chi connectivity index (χ1v) is 7.66. The summed E-state index contributed by atoms with van der Waals surface area (Å²) < 4.78 is 10.7. The highest BCUT2D eigenvalue weighted by molar-refractivity contribution is 6.30. The van der Waals surface area contributed by atoms with Crippen molar-refractivity contribution in [2.45, 2.75) is 6.92 Å². The van der Waals surface area contributed by atoms with Gasteiger partial charge in [-0.15, -0.1) is 0 Å². The third kappa shape index (κ3) is 5.17. The molecule has 0 saturated heterocycles. The molecule has 0 bridgehead atoms. The van der Waals surface area contributed by atoms with Crippen LogP contribution >= 0.6 is 11.6 Å². The number of rotatable bonds is 6. The molecular formula is C17H18ClN3O3. The number of anilines is 1. The first-order valence-electron chi connectivity index (χ1n) is 7.29. The second kappa shape index (κ2) is 8.79. The van der Waals surface area contributed by atoms with Gasteiger partial charge in [-0.3, -0.25) is 0 Å². The molecule has 0 aliphatic rings. The molecule has 7 heteroatoms. The number of hydrogen-bond donors (Lipinski definition) is 2. The Bertz CT molecular complexity index is 735. The molecule has 0 aromatic heterocycles. The monoisotopic (exact) mass is 347 g/mol. The fourth-order valence-corrected chi connectivity index (χ4v) is 2.12. The van der Waals surface area contributed by atoms with Crippen LogP contribution in [0.15, 0.2) is 47.6 Å². The van der Waals surface area contributed by atoms with E-state index in [2.05, 4.69) is 15.8 Å². The molecule has 0 aliphatic carbocycles. The predicted octanol–water partition coefficient (Wildman–Crippen LogP) is 3.90. The van der Waals surface area contributed by atoms with Crippen LogP contribution in [-0.4, -0.2) is 26.0 Å². The average molecular weight is 348 g/mol. The van der Waals surface area contributed by atoms with Crippen molar-refractivity contribution in [3.8, 4) is 11.5 Å². The zero-order valence-electron chi connectivity index (χ0n) is 13.4. The third-order valence-electron chi connectivity index (χ3n) is 2.95. The Labute approximate surface area is 145 Å². The highest BCUT2D eigenvalue weighted by Crippen LogP contribution is 2.27. The molecule has 2 aromatic carbocycles. The summed E-state index contributed by atoms with van der Waals surface area (Å²) in [5, 5.41) is 7.07. The summed E-state index contributed by atoms with van der Waals surface area (Å²) in [5.41, 5.74) is 3.73. The van der Waals surface area contributed by atoms with Crippen molar-refractivity contribution in [3.63, 3.8) is 0 Å². The molecule has 24 heavy (non-hydrogen) atoms. The first-order chi connectivity index (χ1) is 11.6. The Kier molecular flexibility index (Phi) is 6.45. The SMILES string of the molecule is CCOc1cc(/C=N\NC(=O)Nc2cccc(Cl)c2)ccc1OC. The fourth-order valence-electron chi connectivity index (χ4n) is 1.93. The van der Waals surface area contributed by atoms with Crippen LogP contribution in [0.4, 0.5) is 10.5 Å². The van der Waals surface area contributed by atoms with Crippen LogP contribution in [0.5, 0.6) is 11.5 Å². The molecule has 0 heterocycles. The van der Waals surface area contributed by atoms with Gasteiger partial charge < -0.3 is 14.8 Å². The predicted molar refractivity (Wildman–Crippen MR) is 95.4 cm³/mol. The molecule has 0 aliphatic heterocycles. The van der Waals surface area contributed by atoms with Gasteiger partial charge in [0.25, 0.3) is 0 Å². The molecular weight excluding hydrogens is 330 g/mol. The molecule has 6 nitrogen and oxygen atoms in total. The van der Waals surface area contributed by atoms with Crippen LogP contribution in [-0.2, 0) is 0 Å². The summed E-state index contributed by atoms with van der Waals surface area (Å²) in [4.78, 5) is 11.8. The van der Waals surface area contributed by atoms with Crippen molar-refractivity contribution in [1.29, 1.82) is 0 Å².